The summed E-state index contributed by atoms with van der Waals surface area (Å²) in [6.07, 6.45) is 5.35. The molecule has 0 unspecified atom stereocenters. The smallest absolute Gasteiger partial charge is 0.258 e. The number of carbonyl (C=O) groups is 1. The van der Waals surface area contributed by atoms with E-state index in [2.05, 4.69) is 5.10 Å². The summed E-state index contributed by atoms with van der Waals surface area (Å²) in [5.74, 6) is -0.511. The van der Waals surface area contributed by atoms with Gasteiger partial charge in [-0.05, 0) is 61.2 Å². The second-order valence-electron chi connectivity index (χ2n) is 6.32. The molecule has 0 aliphatic carbocycles. The minimum absolute atomic E-state index is 0.172. The second-order valence-corrected chi connectivity index (χ2v) is 6.32. The maximum absolute atomic E-state index is 14.3. The van der Waals surface area contributed by atoms with Gasteiger partial charge in [-0.15, -0.1) is 0 Å². The van der Waals surface area contributed by atoms with Gasteiger partial charge < -0.3 is 4.90 Å². The zero-order valence-corrected chi connectivity index (χ0v) is 13.9. The van der Waals surface area contributed by atoms with Crippen molar-refractivity contribution in [3.63, 3.8) is 0 Å². The van der Waals surface area contributed by atoms with E-state index in [9.17, 15) is 9.18 Å². The molecule has 4 rings (SSSR count). The van der Waals surface area contributed by atoms with E-state index < -0.39 is 0 Å². The molecule has 126 valence electrons. The first-order valence-electron chi connectivity index (χ1n) is 8.34. The van der Waals surface area contributed by atoms with Crippen LogP contribution < -0.4 is 4.90 Å². The van der Waals surface area contributed by atoms with Crippen molar-refractivity contribution >= 4 is 11.6 Å². The van der Waals surface area contributed by atoms with Crippen LogP contribution in [0.15, 0.2) is 54.9 Å². The SMILES string of the molecule is Cc1cnn(-c2ccc(C(=O)N3CCCc4cccc(F)c43)cc2)c1. The van der Waals surface area contributed by atoms with Crippen LogP contribution in [0.4, 0.5) is 10.1 Å². The third-order valence-electron chi connectivity index (χ3n) is 4.50. The molecular weight excluding hydrogens is 317 g/mol. The first-order chi connectivity index (χ1) is 12.1. The van der Waals surface area contributed by atoms with Crippen LogP contribution in [-0.2, 0) is 6.42 Å². The highest BCUT2D eigenvalue weighted by molar-refractivity contribution is 6.06. The molecule has 5 heteroatoms. The molecule has 0 spiro atoms. The van der Waals surface area contributed by atoms with Gasteiger partial charge in [0.2, 0.25) is 0 Å². The zero-order valence-electron chi connectivity index (χ0n) is 13.9. The predicted molar refractivity (Wildman–Crippen MR) is 94.7 cm³/mol. The predicted octanol–water partition coefficient (Wildman–Crippen LogP) is 3.91. The maximum Gasteiger partial charge on any atom is 0.258 e. The van der Waals surface area contributed by atoms with Gasteiger partial charge in [0.25, 0.3) is 5.91 Å². The van der Waals surface area contributed by atoms with Crippen molar-refractivity contribution in [2.24, 2.45) is 0 Å². The Balaban J connectivity index is 1.64. The number of halogens is 1. The van der Waals surface area contributed by atoms with E-state index in [0.29, 0.717) is 17.8 Å². The first kappa shape index (κ1) is 15.6. The van der Waals surface area contributed by atoms with Crippen LogP contribution in [0.5, 0.6) is 0 Å². The van der Waals surface area contributed by atoms with E-state index in [4.69, 9.17) is 0 Å². The molecule has 1 aliphatic rings. The van der Waals surface area contributed by atoms with Gasteiger partial charge in [-0.3, -0.25) is 4.79 Å². The number of hydrogen-bond donors (Lipinski definition) is 0. The summed E-state index contributed by atoms with van der Waals surface area (Å²) in [5, 5.41) is 4.26. The number of amides is 1. The number of hydrogen-bond acceptors (Lipinski definition) is 2. The highest BCUT2D eigenvalue weighted by atomic mass is 19.1. The lowest BCUT2D eigenvalue weighted by Crippen LogP contribution is -2.36. The Morgan fingerprint density at radius 3 is 2.68 bits per heavy atom. The van der Waals surface area contributed by atoms with Gasteiger partial charge in [0.05, 0.1) is 17.6 Å². The van der Waals surface area contributed by atoms with E-state index in [0.717, 1.165) is 29.7 Å². The highest BCUT2D eigenvalue weighted by Crippen LogP contribution is 2.31. The molecule has 2 aromatic carbocycles. The molecule has 2 heterocycles. The van der Waals surface area contributed by atoms with E-state index >= 15 is 0 Å². The maximum atomic E-state index is 14.3. The Hall–Kier alpha value is -2.95. The number of benzene rings is 2. The van der Waals surface area contributed by atoms with Crippen molar-refractivity contribution in [3.8, 4) is 5.69 Å². The number of fused-ring (bicyclic) bond motifs is 1. The minimum Gasteiger partial charge on any atom is -0.305 e. The Kier molecular flexibility index (Phi) is 3.84. The Labute approximate surface area is 145 Å². The van der Waals surface area contributed by atoms with Gasteiger partial charge in [0, 0.05) is 18.3 Å². The summed E-state index contributed by atoms with van der Waals surface area (Å²) < 4.78 is 16.0. The zero-order chi connectivity index (χ0) is 17.4. The number of aromatic nitrogens is 2. The van der Waals surface area contributed by atoms with Crippen LogP contribution in [0.25, 0.3) is 5.69 Å². The molecule has 1 aliphatic heterocycles. The summed E-state index contributed by atoms with van der Waals surface area (Å²) in [7, 11) is 0. The number of rotatable bonds is 2. The summed E-state index contributed by atoms with van der Waals surface area (Å²) in [4.78, 5) is 14.5. The van der Waals surface area contributed by atoms with Crippen molar-refractivity contribution in [3.05, 3.63) is 77.4 Å². The number of para-hydroxylation sites is 1. The van der Waals surface area contributed by atoms with Crippen LogP contribution in [0.3, 0.4) is 0 Å². The molecule has 0 N–H and O–H groups in total. The topological polar surface area (TPSA) is 38.1 Å². The van der Waals surface area contributed by atoms with Crippen LogP contribution >= 0.6 is 0 Å². The van der Waals surface area contributed by atoms with Crippen LogP contribution in [0.2, 0.25) is 0 Å². The molecule has 4 nitrogen and oxygen atoms in total. The standard InChI is InChI=1S/C20H18FN3O/c1-14-12-22-24(13-14)17-9-7-16(8-10-17)20(25)23-11-3-5-15-4-2-6-18(21)19(15)23/h2,4,6-10,12-13H,3,5,11H2,1H3. The number of anilines is 1. The number of aryl methyl sites for hydroxylation is 2. The average molecular weight is 335 g/mol. The third-order valence-corrected chi connectivity index (χ3v) is 4.50. The molecule has 0 radical (unpaired) electrons. The Morgan fingerprint density at radius 2 is 1.96 bits per heavy atom. The minimum atomic E-state index is -0.339. The molecule has 0 atom stereocenters. The molecule has 1 amide bonds. The summed E-state index contributed by atoms with van der Waals surface area (Å²) in [6, 6.07) is 12.2. The van der Waals surface area contributed by atoms with E-state index in [1.54, 1.807) is 34.0 Å². The molecule has 0 saturated carbocycles. The second kappa shape index (κ2) is 6.16. The largest absolute Gasteiger partial charge is 0.305 e. The van der Waals surface area contributed by atoms with Crippen LogP contribution in [-0.4, -0.2) is 22.2 Å². The van der Waals surface area contributed by atoms with E-state index in [-0.39, 0.29) is 11.7 Å². The summed E-state index contributed by atoms with van der Waals surface area (Å²) in [6.45, 7) is 2.51. The Morgan fingerprint density at radius 1 is 1.16 bits per heavy atom. The molecule has 0 fully saturated rings. The molecule has 0 bridgehead atoms. The summed E-state index contributed by atoms with van der Waals surface area (Å²) >= 11 is 0. The van der Waals surface area contributed by atoms with Gasteiger partial charge in [-0.2, -0.15) is 5.10 Å². The van der Waals surface area contributed by atoms with E-state index in [1.165, 1.54) is 6.07 Å². The normalized spacial score (nSPS) is 13.6. The van der Waals surface area contributed by atoms with Crippen molar-refractivity contribution in [2.45, 2.75) is 19.8 Å². The van der Waals surface area contributed by atoms with E-state index in [1.807, 2.05) is 31.3 Å². The van der Waals surface area contributed by atoms with Crippen molar-refractivity contribution in [1.82, 2.24) is 9.78 Å². The lowest BCUT2D eigenvalue weighted by molar-refractivity contribution is 0.0984. The molecule has 25 heavy (non-hydrogen) atoms. The highest BCUT2D eigenvalue weighted by Gasteiger charge is 2.26. The van der Waals surface area contributed by atoms with Gasteiger partial charge in [-0.1, -0.05) is 12.1 Å². The average Bonchev–Trinajstić information content (AvgIpc) is 3.07. The van der Waals surface area contributed by atoms with Crippen molar-refractivity contribution in [1.29, 1.82) is 0 Å². The Bertz CT molecular complexity index is 930. The van der Waals surface area contributed by atoms with Crippen LogP contribution in [0.1, 0.15) is 27.9 Å². The molecule has 0 saturated heterocycles. The van der Waals surface area contributed by atoms with Crippen molar-refractivity contribution in [2.75, 3.05) is 11.4 Å². The first-order valence-corrected chi connectivity index (χ1v) is 8.34. The molecule has 1 aromatic heterocycles. The lowest BCUT2D eigenvalue weighted by Gasteiger charge is -2.30. The lowest BCUT2D eigenvalue weighted by atomic mass is 10.0. The fourth-order valence-electron chi connectivity index (χ4n) is 3.27. The number of nitrogens with zero attached hydrogens (tertiary/aromatic N) is 3. The summed E-state index contributed by atoms with van der Waals surface area (Å²) in [5.41, 5.74) is 3.81. The monoisotopic (exact) mass is 335 g/mol. The fourth-order valence-corrected chi connectivity index (χ4v) is 3.27. The van der Waals surface area contributed by atoms with Gasteiger partial charge in [0.1, 0.15) is 5.82 Å². The quantitative estimate of drug-likeness (QED) is 0.712. The molecular formula is C20H18FN3O. The number of carbonyl (C=O) groups excluding carboxylic acids is 1. The fraction of sp³-hybridized carbons (Fsp3) is 0.200. The van der Waals surface area contributed by atoms with Gasteiger partial charge in [-0.25, -0.2) is 9.07 Å². The van der Waals surface area contributed by atoms with Gasteiger partial charge >= 0.3 is 0 Å². The van der Waals surface area contributed by atoms with Crippen LogP contribution in [0, 0.1) is 12.7 Å². The van der Waals surface area contributed by atoms with Crippen molar-refractivity contribution < 1.29 is 9.18 Å². The van der Waals surface area contributed by atoms with Gasteiger partial charge in [0.15, 0.2) is 0 Å². The third kappa shape index (κ3) is 2.82. The molecule has 3 aromatic rings.